The number of carbonyl (C=O) groups excluding carboxylic acids is 3. The first-order chi connectivity index (χ1) is 41.0. The van der Waals surface area contributed by atoms with Gasteiger partial charge in [0.2, 0.25) is 0 Å². The Morgan fingerprint density at radius 1 is 0.241 bits per heavy atom. The summed E-state index contributed by atoms with van der Waals surface area (Å²) >= 11 is 0. The van der Waals surface area contributed by atoms with Crippen molar-refractivity contribution in [2.24, 2.45) is 0 Å². The molecule has 0 spiro atoms. The van der Waals surface area contributed by atoms with E-state index in [1.807, 2.05) is 0 Å². The predicted molar refractivity (Wildman–Crippen MR) is 363 cm³/mol. The van der Waals surface area contributed by atoms with Crippen molar-refractivity contribution >= 4 is 17.9 Å². The highest BCUT2D eigenvalue weighted by Crippen LogP contribution is 2.19. The molecule has 1 unspecified atom stereocenters. The van der Waals surface area contributed by atoms with Gasteiger partial charge in [0.15, 0.2) is 6.10 Å². The number of hydrogen-bond donors (Lipinski definition) is 0. The first-order valence-corrected chi connectivity index (χ1v) is 37.8. The topological polar surface area (TPSA) is 78.9 Å². The summed E-state index contributed by atoms with van der Waals surface area (Å²) in [6, 6.07) is 0. The molecule has 490 valence electrons. The third kappa shape index (κ3) is 70.5. The molecule has 6 nitrogen and oxygen atoms in total. The van der Waals surface area contributed by atoms with E-state index >= 15 is 0 Å². The van der Waals surface area contributed by atoms with Crippen molar-refractivity contribution in [3.8, 4) is 0 Å². The zero-order chi connectivity index (χ0) is 59.9. The maximum atomic E-state index is 12.9. The molecule has 0 N–H and O–H groups in total. The van der Waals surface area contributed by atoms with E-state index in [0.717, 1.165) is 64.2 Å². The van der Waals surface area contributed by atoms with Crippen molar-refractivity contribution in [2.75, 3.05) is 13.2 Å². The maximum absolute atomic E-state index is 12.9. The van der Waals surface area contributed by atoms with E-state index in [-0.39, 0.29) is 31.1 Å². The average molecular weight is 1170 g/mol. The van der Waals surface area contributed by atoms with Crippen LogP contribution < -0.4 is 0 Å². The number of allylic oxidation sites excluding steroid dienone is 4. The average Bonchev–Trinajstić information content (AvgIpc) is 3.49. The lowest BCUT2D eigenvalue weighted by Gasteiger charge is -2.18. The van der Waals surface area contributed by atoms with Gasteiger partial charge in [0.25, 0.3) is 0 Å². The van der Waals surface area contributed by atoms with E-state index in [1.165, 1.54) is 327 Å². The molecule has 0 saturated heterocycles. The molecule has 0 aromatic carbocycles. The third-order valence-electron chi connectivity index (χ3n) is 17.5. The van der Waals surface area contributed by atoms with Crippen LogP contribution in [-0.2, 0) is 28.6 Å². The number of hydrogen-bond acceptors (Lipinski definition) is 6. The summed E-state index contributed by atoms with van der Waals surface area (Å²) in [6.07, 6.45) is 89.7. The Morgan fingerprint density at radius 2 is 0.434 bits per heavy atom. The van der Waals surface area contributed by atoms with Gasteiger partial charge in [-0.1, -0.05) is 385 Å². The Labute approximate surface area is 519 Å². The first-order valence-electron chi connectivity index (χ1n) is 37.8. The van der Waals surface area contributed by atoms with E-state index in [2.05, 4.69) is 45.1 Å². The van der Waals surface area contributed by atoms with Crippen LogP contribution in [-0.4, -0.2) is 37.2 Å². The van der Waals surface area contributed by atoms with Crippen molar-refractivity contribution in [3.63, 3.8) is 0 Å². The molecule has 0 amide bonds. The summed E-state index contributed by atoms with van der Waals surface area (Å²) in [7, 11) is 0. The molecule has 0 aromatic heterocycles. The van der Waals surface area contributed by atoms with Crippen molar-refractivity contribution in [1.29, 1.82) is 0 Å². The Morgan fingerprint density at radius 3 is 0.663 bits per heavy atom. The quantitative estimate of drug-likeness (QED) is 0.0261. The van der Waals surface area contributed by atoms with E-state index in [4.69, 9.17) is 14.2 Å². The second-order valence-corrected chi connectivity index (χ2v) is 25.9. The molecule has 83 heavy (non-hydrogen) atoms. The van der Waals surface area contributed by atoms with Crippen LogP contribution in [0.5, 0.6) is 0 Å². The number of esters is 3. The van der Waals surface area contributed by atoms with Gasteiger partial charge in [-0.15, -0.1) is 0 Å². The molecule has 0 heterocycles. The minimum Gasteiger partial charge on any atom is -0.462 e. The monoisotopic (exact) mass is 1170 g/mol. The molecule has 0 bridgehead atoms. The highest BCUT2D eigenvalue weighted by atomic mass is 16.6. The second-order valence-electron chi connectivity index (χ2n) is 25.9. The Kier molecular flexibility index (Phi) is 70.5. The molecule has 6 heteroatoms. The summed E-state index contributed by atoms with van der Waals surface area (Å²) < 4.78 is 17.0. The van der Waals surface area contributed by atoms with E-state index < -0.39 is 6.10 Å². The van der Waals surface area contributed by atoms with Crippen LogP contribution in [0.15, 0.2) is 24.3 Å². The van der Waals surface area contributed by atoms with Gasteiger partial charge in [0.1, 0.15) is 13.2 Å². The standard InChI is InChI=1S/C77H146O6/c1-4-7-10-13-16-19-21-23-25-27-29-31-33-34-35-36-37-38-39-40-41-42-44-45-47-49-51-53-55-58-61-64-67-70-76(79)82-73-74(72-81-75(78)69-66-63-60-57-18-15-12-9-6-3)83-77(80)71-68-65-62-59-56-54-52-50-48-46-43-32-30-28-26-24-22-20-17-14-11-8-5-2/h21,23,27,29,74H,4-20,22,24-26,28,30-73H2,1-3H3/b23-21-,29-27-. The molecule has 0 saturated carbocycles. The van der Waals surface area contributed by atoms with Gasteiger partial charge in [-0.2, -0.15) is 0 Å². The van der Waals surface area contributed by atoms with Crippen LogP contribution in [0.1, 0.15) is 432 Å². The molecular weight excluding hydrogens is 1020 g/mol. The molecule has 0 aliphatic carbocycles. The Hall–Kier alpha value is -2.11. The molecule has 0 aliphatic rings. The highest BCUT2D eigenvalue weighted by Gasteiger charge is 2.20. The van der Waals surface area contributed by atoms with E-state index in [0.29, 0.717) is 19.3 Å². The van der Waals surface area contributed by atoms with Crippen molar-refractivity contribution in [2.45, 2.75) is 438 Å². The summed E-state index contributed by atoms with van der Waals surface area (Å²) in [6.45, 7) is 6.70. The molecule has 0 radical (unpaired) electrons. The zero-order valence-electron chi connectivity index (χ0n) is 56.5. The van der Waals surface area contributed by atoms with Gasteiger partial charge in [-0.25, -0.2) is 0 Å². The highest BCUT2D eigenvalue weighted by molar-refractivity contribution is 5.71. The molecular formula is C77H146O6. The van der Waals surface area contributed by atoms with E-state index in [1.54, 1.807) is 0 Å². The second kappa shape index (κ2) is 72.4. The number of unbranched alkanes of at least 4 members (excludes halogenated alkanes) is 56. The van der Waals surface area contributed by atoms with Crippen LogP contribution in [0.2, 0.25) is 0 Å². The maximum Gasteiger partial charge on any atom is 0.306 e. The van der Waals surface area contributed by atoms with Gasteiger partial charge in [0.05, 0.1) is 0 Å². The van der Waals surface area contributed by atoms with Crippen molar-refractivity contribution in [1.82, 2.24) is 0 Å². The molecule has 0 aromatic rings. The fraction of sp³-hybridized carbons (Fsp3) is 0.909. The fourth-order valence-electron chi connectivity index (χ4n) is 11.8. The molecule has 0 aliphatic heterocycles. The predicted octanol–water partition coefficient (Wildman–Crippen LogP) is 26.1. The lowest BCUT2D eigenvalue weighted by Crippen LogP contribution is -2.30. The third-order valence-corrected chi connectivity index (χ3v) is 17.5. The fourth-order valence-corrected chi connectivity index (χ4v) is 11.8. The SMILES string of the molecule is CCCCCCC/C=C\C/C=C\CCCCCCCCCCCCCCCCCCCCCCCC(=O)OCC(COC(=O)CCCCCCCCCCC)OC(=O)CCCCCCCCCCCCCCCCCCCCCCCCC. The summed E-state index contributed by atoms with van der Waals surface area (Å²) in [5.41, 5.74) is 0. The van der Waals surface area contributed by atoms with Crippen LogP contribution >= 0.6 is 0 Å². The van der Waals surface area contributed by atoms with Gasteiger partial charge >= 0.3 is 17.9 Å². The number of ether oxygens (including phenoxy) is 3. The van der Waals surface area contributed by atoms with Crippen LogP contribution in [0.25, 0.3) is 0 Å². The molecule has 0 rings (SSSR count). The normalized spacial score (nSPS) is 12.1. The minimum atomic E-state index is -0.765. The van der Waals surface area contributed by atoms with Gasteiger partial charge in [-0.3, -0.25) is 14.4 Å². The van der Waals surface area contributed by atoms with E-state index in [9.17, 15) is 14.4 Å². The van der Waals surface area contributed by atoms with Crippen molar-refractivity contribution in [3.05, 3.63) is 24.3 Å². The van der Waals surface area contributed by atoms with Crippen LogP contribution in [0.4, 0.5) is 0 Å². The minimum absolute atomic E-state index is 0.0630. The largest absolute Gasteiger partial charge is 0.462 e. The Bertz CT molecular complexity index is 1340. The number of rotatable bonds is 71. The van der Waals surface area contributed by atoms with Gasteiger partial charge in [0, 0.05) is 19.3 Å². The molecule has 1 atom stereocenters. The Balaban J connectivity index is 4.02. The summed E-state index contributed by atoms with van der Waals surface area (Å²) in [4.78, 5) is 38.3. The van der Waals surface area contributed by atoms with Gasteiger partial charge in [-0.05, 0) is 51.4 Å². The molecule has 0 fully saturated rings. The first kappa shape index (κ1) is 80.9. The lowest BCUT2D eigenvalue weighted by molar-refractivity contribution is -0.167. The zero-order valence-corrected chi connectivity index (χ0v) is 56.5. The smallest absolute Gasteiger partial charge is 0.306 e. The lowest BCUT2D eigenvalue weighted by atomic mass is 10.0. The van der Waals surface area contributed by atoms with Crippen molar-refractivity contribution < 1.29 is 28.6 Å². The van der Waals surface area contributed by atoms with Crippen LogP contribution in [0.3, 0.4) is 0 Å². The summed E-state index contributed by atoms with van der Waals surface area (Å²) in [5, 5.41) is 0. The summed E-state index contributed by atoms with van der Waals surface area (Å²) in [5.74, 6) is -0.830. The van der Waals surface area contributed by atoms with Gasteiger partial charge < -0.3 is 14.2 Å². The van der Waals surface area contributed by atoms with Crippen LogP contribution in [0, 0.1) is 0 Å². The number of carbonyl (C=O) groups is 3.